The Morgan fingerprint density at radius 1 is 1.19 bits per heavy atom. The molecule has 82 valence electrons. The molecule has 2 aromatic rings. The Morgan fingerprint density at radius 2 is 1.94 bits per heavy atom. The van der Waals surface area contributed by atoms with Crippen LogP contribution < -0.4 is 0 Å². The molecule has 0 bridgehead atoms. The van der Waals surface area contributed by atoms with Crippen molar-refractivity contribution in [3.63, 3.8) is 0 Å². The van der Waals surface area contributed by atoms with Gasteiger partial charge >= 0.3 is 0 Å². The summed E-state index contributed by atoms with van der Waals surface area (Å²) in [4.78, 5) is 9.12. The molecule has 0 aliphatic rings. The van der Waals surface area contributed by atoms with Crippen molar-refractivity contribution < 1.29 is 4.39 Å². The van der Waals surface area contributed by atoms with E-state index in [2.05, 4.69) is 9.97 Å². The first-order chi connectivity index (χ1) is 7.74. The van der Waals surface area contributed by atoms with Gasteiger partial charge in [-0.3, -0.25) is 0 Å². The maximum Gasteiger partial charge on any atom is 0.140 e. The third-order valence-electron chi connectivity index (χ3n) is 1.85. The molecule has 0 unspecified atom stereocenters. The molecule has 1 aromatic heterocycles. The van der Waals surface area contributed by atoms with Gasteiger partial charge in [0.25, 0.3) is 0 Å². The summed E-state index contributed by atoms with van der Waals surface area (Å²) in [6, 6.07) is 7.95. The van der Waals surface area contributed by atoms with Crippen LogP contribution in [0.4, 0.5) is 4.39 Å². The summed E-state index contributed by atoms with van der Waals surface area (Å²) in [6.07, 6.45) is 1.62. The van der Waals surface area contributed by atoms with E-state index < -0.39 is 0 Å². The molecule has 0 saturated carbocycles. The van der Waals surface area contributed by atoms with Crippen LogP contribution >= 0.6 is 23.4 Å². The SMILES string of the molecule is Fc1ccc(SCc2nccc(Cl)n2)cc1. The van der Waals surface area contributed by atoms with Gasteiger partial charge in [0.05, 0.1) is 5.75 Å². The highest BCUT2D eigenvalue weighted by Gasteiger charge is 2.00. The molecular formula is C11H8ClFN2S. The van der Waals surface area contributed by atoms with Gasteiger partial charge in [0, 0.05) is 11.1 Å². The van der Waals surface area contributed by atoms with Gasteiger partial charge in [0.15, 0.2) is 0 Å². The van der Waals surface area contributed by atoms with E-state index in [0.29, 0.717) is 16.7 Å². The van der Waals surface area contributed by atoms with Crippen LogP contribution in [0.2, 0.25) is 5.15 Å². The van der Waals surface area contributed by atoms with Crippen LogP contribution in [0.5, 0.6) is 0 Å². The Labute approximate surface area is 102 Å². The topological polar surface area (TPSA) is 25.8 Å². The van der Waals surface area contributed by atoms with Crippen LogP contribution in [0.15, 0.2) is 41.4 Å². The van der Waals surface area contributed by atoms with Gasteiger partial charge in [-0.05, 0) is 30.3 Å². The van der Waals surface area contributed by atoms with Gasteiger partial charge in [0.1, 0.15) is 16.8 Å². The number of benzene rings is 1. The first-order valence-electron chi connectivity index (χ1n) is 4.60. The van der Waals surface area contributed by atoms with Gasteiger partial charge in [-0.1, -0.05) is 11.6 Å². The second kappa shape index (κ2) is 5.27. The van der Waals surface area contributed by atoms with E-state index in [0.717, 1.165) is 4.90 Å². The van der Waals surface area contributed by atoms with Crippen molar-refractivity contribution in [2.45, 2.75) is 10.6 Å². The zero-order valence-corrected chi connectivity index (χ0v) is 9.80. The molecule has 0 spiro atoms. The Hall–Kier alpha value is -1.13. The van der Waals surface area contributed by atoms with E-state index in [1.807, 2.05) is 0 Å². The number of thioether (sulfide) groups is 1. The highest BCUT2D eigenvalue weighted by atomic mass is 35.5. The molecule has 0 saturated heterocycles. The van der Waals surface area contributed by atoms with E-state index in [9.17, 15) is 4.39 Å². The van der Waals surface area contributed by atoms with Gasteiger partial charge in [0.2, 0.25) is 0 Å². The van der Waals surface area contributed by atoms with Crippen LogP contribution in [0, 0.1) is 5.82 Å². The molecule has 2 rings (SSSR count). The Kier molecular flexibility index (Phi) is 3.74. The minimum Gasteiger partial charge on any atom is -0.240 e. The molecule has 0 fully saturated rings. The Morgan fingerprint density at radius 3 is 2.62 bits per heavy atom. The molecule has 1 aromatic carbocycles. The first-order valence-corrected chi connectivity index (χ1v) is 5.96. The lowest BCUT2D eigenvalue weighted by atomic mass is 10.4. The van der Waals surface area contributed by atoms with E-state index >= 15 is 0 Å². The number of rotatable bonds is 3. The standard InChI is InChI=1S/C11H8ClFN2S/c12-10-5-6-14-11(15-10)7-16-9-3-1-8(13)2-4-9/h1-6H,7H2. The van der Waals surface area contributed by atoms with Crippen molar-refractivity contribution in [2.24, 2.45) is 0 Å². The fourth-order valence-corrected chi connectivity index (χ4v) is 2.04. The van der Waals surface area contributed by atoms with E-state index in [-0.39, 0.29) is 5.82 Å². The molecule has 0 N–H and O–H groups in total. The molecule has 1 heterocycles. The number of hydrogen-bond acceptors (Lipinski definition) is 3. The molecule has 0 radical (unpaired) electrons. The average Bonchev–Trinajstić information content (AvgIpc) is 2.28. The number of hydrogen-bond donors (Lipinski definition) is 0. The first kappa shape index (κ1) is 11.4. The quantitative estimate of drug-likeness (QED) is 0.619. The number of aromatic nitrogens is 2. The van der Waals surface area contributed by atoms with Crippen LogP contribution in [0.25, 0.3) is 0 Å². The van der Waals surface area contributed by atoms with Gasteiger partial charge in [-0.15, -0.1) is 11.8 Å². The second-order valence-electron chi connectivity index (χ2n) is 3.04. The predicted octanol–water partition coefficient (Wildman–Crippen LogP) is 3.56. The summed E-state index contributed by atoms with van der Waals surface area (Å²) in [5.41, 5.74) is 0. The van der Waals surface area contributed by atoms with Crippen LogP contribution in [0.3, 0.4) is 0 Å². The van der Waals surface area contributed by atoms with Gasteiger partial charge in [-0.25, -0.2) is 14.4 Å². The lowest BCUT2D eigenvalue weighted by Gasteiger charge is -2.00. The lowest BCUT2D eigenvalue weighted by molar-refractivity contribution is 0.626. The Balaban J connectivity index is 1.99. The van der Waals surface area contributed by atoms with E-state index in [4.69, 9.17) is 11.6 Å². The second-order valence-corrected chi connectivity index (χ2v) is 4.47. The number of nitrogens with zero attached hydrogens (tertiary/aromatic N) is 2. The third-order valence-corrected chi connectivity index (χ3v) is 3.07. The minimum absolute atomic E-state index is 0.233. The summed E-state index contributed by atoms with van der Waals surface area (Å²) in [7, 11) is 0. The van der Waals surface area contributed by atoms with Gasteiger partial charge in [-0.2, -0.15) is 0 Å². The van der Waals surface area contributed by atoms with Crippen molar-refractivity contribution in [2.75, 3.05) is 0 Å². The van der Waals surface area contributed by atoms with Crippen molar-refractivity contribution >= 4 is 23.4 Å². The summed E-state index contributed by atoms with van der Waals surface area (Å²) >= 11 is 7.28. The highest BCUT2D eigenvalue weighted by Crippen LogP contribution is 2.21. The fourth-order valence-electron chi connectivity index (χ4n) is 1.12. The smallest absolute Gasteiger partial charge is 0.140 e. The molecule has 0 aliphatic carbocycles. The van der Waals surface area contributed by atoms with E-state index in [1.165, 1.54) is 12.1 Å². The Bertz CT molecular complexity index is 476. The van der Waals surface area contributed by atoms with E-state index in [1.54, 1.807) is 36.2 Å². The molecule has 0 aliphatic heterocycles. The zero-order chi connectivity index (χ0) is 11.4. The molecule has 0 amide bonds. The zero-order valence-electron chi connectivity index (χ0n) is 8.23. The summed E-state index contributed by atoms with van der Waals surface area (Å²) in [6.45, 7) is 0. The maximum absolute atomic E-state index is 12.7. The highest BCUT2D eigenvalue weighted by molar-refractivity contribution is 7.98. The third kappa shape index (κ3) is 3.18. The van der Waals surface area contributed by atoms with Crippen LogP contribution in [-0.4, -0.2) is 9.97 Å². The molecular weight excluding hydrogens is 247 g/mol. The maximum atomic E-state index is 12.7. The van der Waals surface area contributed by atoms with Crippen molar-refractivity contribution in [1.82, 2.24) is 9.97 Å². The lowest BCUT2D eigenvalue weighted by Crippen LogP contribution is -1.91. The van der Waals surface area contributed by atoms with Crippen molar-refractivity contribution in [3.8, 4) is 0 Å². The molecule has 2 nitrogen and oxygen atoms in total. The minimum atomic E-state index is -0.233. The number of halogens is 2. The molecule has 5 heteroatoms. The molecule has 0 atom stereocenters. The summed E-state index contributed by atoms with van der Waals surface area (Å²) in [5, 5.41) is 0.435. The normalized spacial score (nSPS) is 10.4. The average molecular weight is 255 g/mol. The summed E-state index contributed by atoms with van der Waals surface area (Å²) < 4.78 is 12.7. The predicted molar refractivity (Wildman–Crippen MR) is 63.0 cm³/mol. The van der Waals surface area contributed by atoms with Gasteiger partial charge < -0.3 is 0 Å². The monoisotopic (exact) mass is 254 g/mol. The van der Waals surface area contributed by atoms with Crippen molar-refractivity contribution in [1.29, 1.82) is 0 Å². The summed E-state index contributed by atoms with van der Waals surface area (Å²) in [5.74, 6) is 1.05. The largest absolute Gasteiger partial charge is 0.240 e. The molecule has 16 heavy (non-hydrogen) atoms. The fraction of sp³-hybridized carbons (Fsp3) is 0.0909. The van der Waals surface area contributed by atoms with Crippen LogP contribution in [0.1, 0.15) is 5.82 Å². The van der Waals surface area contributed by atoms with Crippen LogP contribution in [-0.2, 0) is 5.75 Å². The van der Waals surface area contributed by atoms with Crippen molar-refractivity contribution in [3.05, 3.63) is 53.3 Å².